The van der Waals surface area contributed by atoms with Crippen LogP contribution in [0.15, 0.2) is 48.5 Å². The smallest absolute Gasteiger partial charge is 0.253 e. The number of anilines is 1. The van der Waals surface area contributed by atoms with Gasteiger partial charge in [-0.3, -0.25) is 9.69 Å². The number of hydrogen-bond acceptors (Lipinski definition) is 4. The lowest BCUT2D eigenvalue weighted by Gasteiger charge is -2.36. The van der Waals surface area contributed by atoms with E-state index in [0.717, 1.165) is 37.3 Å². The molecule has 1 heterocycles. The first-order valence-corrected chi connectivity index (χ1v) is 11.3. The molecule has 0 saturated carbocycles. The van der Waals surface area contributed by atoms with Crippen molar-refractivity contribution in [2.75, 3.05) is 51.8 Å². The highest BCUT2D eigenvalue weighted by Gasteiger charge is 2.26. The summed E-state index contributed by atoms with van der Waals surface area (Å²) in [6.07, 6.45) is 0.0305. The van der Waals surface area contributed by atoms with Crippen LogP contribution < -0.4 is 4.90 Å². The molecule has 1 aliphatic heterocycles. The minimum atomic E-state index is 0.0305. The molecule has 0 aliphatic carbocycles. The second-order valence-corrected chi connectivity index (χ2v) is 9.26. The van der Waals surface area contributed by atoms with Crippen LogP contribution in [0.2, 0.25) is 0 Å². The Morgan fingerprint density at radius 3 is 2.39 bits per heavy atom. The van der Waals surface area contributed by atoms with Gasteiger partial charge in [-0.25, -0.2) is 0 Å². The van der Waals surface area contributed by atoms with Crippen molar-refractivity contribution in [3.8, 4) is 0 Å². The van der Waals surface area contributed by atoms with Gasteiger partial charge in [0.25, 0.3) is 5.91 Å². The molecule has 1 atom stereocenters. The van der Waals surface area contributed by atoms with Gasteiger partial charge in [-0.1, -0.05) is 43.7 Å². The molecule has 0 bridgehead atoms. The maximum atomic E-state index is 13.2. The van der Waals surface area contributed by atoms with Crippen LogP contribution in [0.25, 0.3) is 0 Å². The quantitative estimate of drug-likeness (QED) is 0.642. The number of amides is 1. The van der Waals surface area contributed by atoms with Crippen LogP contribution in [-0.4, -0.2) is 68.7 Å². The fourth-order valence-electron chi connectivity index (χ4n) is 4.00. The number of morpholine rings is 1. The maximum Gasteiger partial charge on any atom is 0.253 e. The molecular formula is C26H37N3O2. The summed E-state index contributed by atoms with van der Waals surface area (Å²) in [5.41, 5.74) is 4.43. The fourth-order valence-corrected chi connectivity index (χ4v) is 4.00. The molecule has 3 rings (SSSR count). The Balaban J connectivity index is 1.62. The lowest BCUT2D eigenvalue weighted by molar-refractivity contribution is -0.0438. The van der Waals surface area contributed by atoms with Gasteiger partial charge in [-0.05, 0) is 42.7 Å². The molecule has 0 N–H and O–H groups in total. The summed E-state index contributed by atoms with van der Waals surface area (Å²) in [5, 5.41) is 0. The molecule has 1 saturated heterocycles. The third-order valence-corrected chi connectivity index (χ3v) is 5.68. The van der Waals surface area contributed by atoms with Crippen molar-refractivity contribution in [2.24, 2.45) is 5.92 Å². The van der Waals surface area contributed by atoms with E-state index in [1.54, 1.807) is 0 Å². The van der Waals surface area contributed by atoms with Crippen LogP contribution in [0, 0.1) is 12.8 Å². The molecule has 31 heavy (non-hydrogen) atoms. The van der Waals surface area contributed by atoms with E-state index in [0.29, 0.717) is 19.1 Å². The second kappa shape index (κ2) is 10.8. The Bertz CT molecular complexity index is 831. The van der Waals surface area contributed by atoms with Crippen LogP contribution in [0.4, 0.5) is 5.69 Å². The number of ether oxygens (including phenoxy) is 1. The van der Waals surface area contributed by atoms with Gasteiger partial charge in [0.15, 0.2) is 0 Å². The average Bonchev–Trinajstić information content (AvgIpc) is 2.74. The minimum Gasteiger partial charge on any atom is -0.378 e. The molecule has 0 aromatic heterocycles. The van der Waals surface area contributed by atoms with E-state index < -0.39 is 0 Å². The normalized spacial score (nSPS) is 17.0. The molecule has 0 spiro atoms. The lowest BCUT2D eigenvalue weighted by atomic mass is 10.1. The largest absolute Gasteiger partial charge is 0.378 e. The van der Waals surface area contributed by atoms with Crippen LogP contribution in [0.1, 0.15) is 35.3 Å². The topological polar surface area (TPSA) is 36.0 Å². The zero-order chi connectivity index (χ0) is 22.4. The van der Waals surface area contributed by atoms with Crippen molar-refractivity contribution < 1.29 is 9.53 Å². The van der Waals surface area contributed by atoms with Crippen molar-refractivity contribution in [3.63, 3.8) is 0 Å². The number of hydrogen-bond donors (Lipinski definition) is 0. The van der Waals surface area contributed by atoms with E-state index in [2.05, 4.69) is 62.0 Å². The van der Waals surface area contributed by atoms with Crippen molar-refractivity contribution >= 4 is 11.6 Å². The Hall–Kier alpha value is -2.37. The molecule has 1 amide bonds. The summed E-state index contributed by atoms with van der Waals surface area (Å²) in [5.74, 6) is 0.498. The first kappa shape index (κ1) is 23.3. The molecule has 5 nitrogen and oxygen atoms in total. The van der Waals surface area contributed by atoms with Gasteiger partial charge in [-0.15, -0.1) is 0 Å². The standard InChI is InChI=1S/C26H37N3O2/c1-20(2)16-29(26(30)23-10-6-21(3)7-11-23)19-25-18-28(14-15-31-25)17-22-8-12-24(13-9-22)27(4)5/h6-13,20,25H,14-19H2,1-5H3. The van der Waals surface area contributed by atoms with Gasteiger partial charge in [0, 0.05) is 58.1 Å². The van der Waals surface area contributed by atoms with E-state index in [-0.39, 0.29) is 12.0 Å². The van der Waals surface area contributed by atoms with E-state index in [1.807, 2.05) is 36.1 Å². The molecule has 2 aromatic carbocycles. The van der Waals surface area contributed by atoms with Gasteiger partial charge in [-0.2, -0.15) is 0 Å². The van der Waals surface area contributed by atoms with Gasteiger partial charge >= 0.3 is 0 Å². The van der Waals surface area contributed by atoms with Crippen molar-refractivity contribution in [2.45, 2.75) is 33.4 Å². The summed E-state index contributed by atoms with van der Waals surface area (Å²) < 4.78 is 6.07. The zero-order valence-electron chi connectivity index (χ0n) is 19.7. The number of rotatable bonds is 8. The molecule has 0 radical (unpaired) electrons. The number of benzene rings is 2. The summed E-state index contributed by atoms with van der Waals surface area (Å²) in [4.78, 5) is 19.7. The van der Waals surface area contributed by atoms with Gasteiger partial charge < -0.3 is 14.5 Å². The highest BCUT2D eigenvalue weighted by atomic mass is 16.5. The Kier molecular flexibility index (Phi) is 8.10. The highest BCUT2D eigenvalue weighted by Crippen LogP contribution is 2.17. The third-order valence-electron chi connectivity index (χ3n) is 5.68. The highest BCUT2D eigenvalue weighted by molar-refractivity contribution is 5.94. The molecule has 2 aromatic rings. The van der Waals surface area contributed by atoms with Gasteiger partial charge in [0.05, 0.1) is 12.7 Å². The molecular weight excluding hydrogens is 386 g/mol. The SMILES string of the molecule is Cc1ccc(C(=O)N(CC(C)C)CC2CN(Cc3ccc(N(C)C)cc3)CCO2)cc1. The van der Waals surface area contributed by atoms with E-state index in [1.165, 1.54) is 11.3 Å². The predicted octanol–water partition coefficient (Wildman–Crippen LogP) is 4.06. The second-order valence-electron chi connectivity index (χ2n) is 9.26. The van der Waals surface area contributed by atoms with E-state index >= 15 is 0 Å². The number of carbonyl (C=O) groups is 1. The lowest BCUT2D eigenvalue weighted by Crippen LogP contribution is -2.49. The Morgan fingerprint density at radius 1 is 1.10 bits per heavy atom. The predicted molar refractivity (Wildman–Crippen MR) is 128 cm³/mol. The van der Waals surface area contributed by atoms with Gasteiger partial charge in [0.1, 0.15) is 0 Å². The number of nitrogens with zero attached hydrogens (tertiary/aromatic N) is 3. The monoisotopic (exact) mass is 423 g/mol. The first-order chi connectivity index (χ1) is 14.8. The Labute approximate surface area is 187 Å². The van der Waals surface area contributed by atoms with E-state index in [9.17, 15) is 4.79 Å². The van der Waals surface area contributed by atoms with Crippen LogP contribution in [0.3, 0.4) is 0 Å². The molecule has 168 valence electrons. The van der Waals surface area contributed by atoms with Crippen molar-refractivity contribution in [1.29, 1.82) is 0 Å². The summed E-state index contributed by atoms with van der Waals surface area (Å²) >= 11 is 0. The van der Waals surface area contributed by atoms with Crippen molar-refractivity contribution in [1.82, 2.24) is 9.80 Å². The number of carbonyl (C=O) groups excluding carboxylic acids is 1. The minimum absolute atomic E-state index is 0.0305. The van der Waals surface area contributed by atoms with Crippen molar-refractivity contribution in [3.05, 3.63) is 65.2 Å². The third kappa shape index (κ3) is 6.81. The Morgan fingerprint density at radius 2 is 1.77 bits per heavy atom. The molecule has 1 fully saturated rings. The summed E-state index contributed by atoms with van der Waals surface area (Å²) in [6.45, 7) is 11.1. The average molecular weight is 424 g/mol. The summed E-state index contributed by atoms with van der Waals surface area (Å²) in [6, 6.07) is 16.6. The fraction of sp³-hybridized carbons (Fsp3) is 0.500. The number of aryl methyl sites for hydroxylation is 1. The van der Waals surface area contributed by atoms with E-state index in [4.69, 9.17) is 4.74 Å². The maximum absolute atomic E-state index is 13.2. The molecule has 5 heteroatoms. The van der Waals surface area contributed by atoms with Crippen LogP contribution in [-0.2, 0) is 11.3 Å². The van der Waals surface area contributed by atoms with Crippen LogP contribution >= 0.6 is 0 Å². The van der Waals surface area contributed by atoms with Crippen LogP contribution in [0.5, 0.6) is 0 Å². The molecule has 1 unspecified atom stereocenters. The first-order valence-electron chi connectivity index (χ1n) is 11.3. The summed E-state index contributed by atoms with van der Waals surface area (Å²) in [7, 11) is 4.12. The molecule has 1 aliphatic rings. The zero-order valence-corrected chi connectivity index (χ0v) is 19.7. The van der Waals surface area contributed by atoms with Gasteiger partial charge in [0.2, 0.25) is 0 Å².